The molecule has 2 unspecified atom stereocenters. The molecule has 25 heavy (non-hydrogen) atoms. The number of hydrogen-bond donors (Lipinski definition) is 1. The molecule has 3 amide bonds. The van der Waals surface area contributed by atoms with Crippen molar-refractivity contribution in [3.63, 3.8) is 0 Å². The van der Waals surface area contributed by atoms with E-state index in [1.54, 1.807) is 9.80 Å². The first-order chi connectivity index (χ1) is 12.1. The summed E-state index contributed by atoms with van der Waals surface area (Å²) in [5.74, 6) is -1.41. The number of amides is 3. The van der Waals surface area contributed by atoms with Crippen LogP contribution in [0.1, 0.15) is 6.92 Å². The lowest BCUT2D eigenvalue weighted by atomic mass is 9.76. The highest BCUT2D eigenvalue weighted by Gasteiger charge is 2.67. The van der Waals surface area contributed by atoms with Gasteiger partial charge in [-0.1, -0.05) is 12.2 Å². The van der Waals surface area contributed by atoms with E-state index in [4.69, 9.17) is 9.47 Å². The number of ether oxygens (including phenoxy) is 2. The van der Waals surface area contributed by atoms with Crippen LogP contribution in [0, 0.1) is 11.8 Å². The summed E-state index contributed by atoms with van der Waals surface area (Å²) in [7, 11) is 0. The molecular formula is C17H23N3O5. The number of carbonyl (C=O) groups excluding carboxylic acids is 3. The van der Waals surface area contributed by atoms with Crippen LogP contribution in [-0.2, 0) is 23.9 Å². The highest BCUT2D eigenvalue weighted by atomic mass is 16.5. The minimum Gasteiger partial charge on any atom is -0.380 e. The summed E-state index contributed by atoms with van der Waals surface area (Å²) in [5.41, 5.74) is -0.702. The summed E-state index contributed by atoms with van der Waals surface area (Å²) in [6.07, 6.45) is 3.45. The quantitative estimate of drug-likeness (QED) is 0.496. The lowest BCUT2D eigenvalue weighted by molar-refractivity contribution is -0.146. The summed E-state index contributed by atoms with van der Waals surface area (Å²) in [6, 6.07) is 0. The summed E-state index contributed by atoms with van der Waals surface area (Å²) in [5, 5.41) is 2.71. The largest absolute Gasteiger partial charge is 0.380 e. The average Bonchev–Trinajstić information content (AvgIpc) is 3.23. The first-order valence-corrected chi connectivity index (χ1v) is 8.85. The Labute approximate surface area is 146 Å². The number of nitrogens with zero attached hydrogens (tertiary/aromatic N) is 2. The maximum Gasteiger partial charge on any atom is 0.239 e. The van der Waals surface area contributed by atoms with Crippen molar-refractivity contribution >= 4 is 17.7 Å². The van der Waals surface area contributed by atoms with Crippen molar-refractivity contribution in [1.82, 2.24) is 15.1 Å². The van der Waals surface area contributed by atoms with E-state index >= 15 is 0 Å². The minimum atomic E-state index is -0.702. The van der Waals surface area contributed by atoms with Crippen molar-refractivity contribution in [2.45, 2.75) is 18.6 Å². The molecule has 8 heteroatoms. The average molecular weight is 349 g/mol. The smallest absolute Gasteiger partial charge is 0.239 e. The van der Waals surface area contributed by atoms with Gasteiger partial charge in [-0.25, -0.2) is 0 Å². The molecule has 0 aliphatic carbocycles. The molecule has 2 bridgehead atoms. The van der Waals surface area contributed by atoms with Gasteiger partial charge in [-0.15, -0.1) is 0 Å². The van der Waals surface area contributed by atoms with Gasteiger partial charge < -0.3 is 24.6 Å². The van der Waals surface area contributed by atoms with Crippen LogP contribution in [0.15, 0.2) is 12.2 Å². The van der Waals surface area contributed by atoms with Crippen molar-refractivity contribution < 1.29 is 23.9 Å². The van der Waals surface area contributed by atoms with Crippen molar-refractivity contribution in [2.24, 2.45) is 11.8 Å². The molecule has 0 saturated carbocycles. The first-order valence-electron chi connectivity index (χ1n) is 8.85. The molecule has 4 rings (SSSR count). The molecule has 136 valence electrons. The van der Waals surface area contributed by atoms with Crippen LogP contribution in [0.5, 0.6) is 0 Å². The monoisotopic (exact) mass is 349 g/mol. The zero-order valence-electron chi connectivity index (χ0n) is 14.3. The number of fused-ring (bicyclic) bond motifs is 1. The van der Waals surface area contributed by atoms with Gasteiger partial charge in [-0.05, 0) is 6.92 Å². The zero-order chi connectivity index (χ0) is 17.6. The number of piperazine rings is 1. The maximum atomic E-state index is 13.0. The van der Waals surface area contributed by atoms with E-state index in [-0.39, 0.29) is 30.4 Å². The third kappa shape index (κ3) is 2.55. The van der Waals surface area contributed by atoms with Gasteiger partial charge in [0.05, 0.1) is 37.6 Å². The van der Waals surface area contributed by atoms with Crippen LogP contribution in [-0.4, -0.2) is 85.2 Å². The fourth-order valence-corrected chi connectivity index (χ4v) is 4.41. The number of rotatable bonds is 5. The van der Waals surface area contributed by atoms with E-state index in [0.717, 1.165) is 0 Å². The standard InChI is InChI=1S/C17H23N3O5/c1-2-24-8-7-20-10-17-4-3-11(25-17)13(14(17)16(20)23)15(22)19-6-5-18-12(21)9-19/h3-4,11,13-14H,2,5-10H2,1H3,(H,18,21)/t11-,13?,14?,17-/m1/s1. The van der Waals surface area contributed by atoms with Gasteiger partial charge >= 0.3 is 0 Å². The van der Waals surface area contributed by atoms with E-state index in [1.807, 2.05) is 19.1 Å². The Hall–Kier alpha value is -1.93. The maximum absolute atomic E-state index is 13.0. The molecule has 0 radical (unpaired) electrons. The Morgan fingerprint density at radius 3 is 3.08 bits per heavy atom. The predicted molar refractivity (Wildman–Crippen MR) is 86.4 cm³/mol. The fraction of sp³-hybridized carbons (Fsp3) is 0.706. The highest BCUT2D eigenvalue weighted by Crippen LogP contribution is 2.52. The normalized spacial score (nSPS) is 36.1. The van der Waals surface area contributed by atoms with Gasteiger partial charge in [0.15, 0.2) is 0 Å². The third-order valence-corrected chi connectivity index (χ3v) is 5.52. The van der Waals surface area contributed by atoms with Crippen LogP contribution < -0.4 is 5.32 Å². The van der Waals surface area contributed by atoms with E-state index in [0.29, 0.717) is 39.4 Å². The van der Waals surface area contributed by atoms with Crippen LogP contribution in [0.2, 0.25) is 0 Å². The minimum absolute atomic E-state index is 0.0493. The second-order valence-corrected chi connectivity index (χ2v) is 6.97. The lowest BCUT2D eigenvalue weighted by Crippen LogP contribution is -2.54. The van der Waals surface area contributed by atoms with Gasteiger partial charge in [0.25, 0.3) is 0 Å². The van der Waals surface area contributed by atoms with Crippen molar-refractivity contribution in [3.05, 3.63) is 12.2 Å². The Balaban J connectivity index is 1.53. The Morgan fingerprint density at radius 1 is 1.48 bits per heavy atom. The molecule has 0 aromatic heterocycles. The Kier molecular flexibility index (Phi) is 4.04. The number of likely N-dealkylation sites (tertiary alicyclic amines) is 1. The van der Waals surface area contributed by atoms with Crippen molar-refractivity contribution in [3.8, 4) is 0 Å². The molecular weight excluding hydrogens is 326 g/mol. The molecule has 4 atom stereocenters. The summed E-state index contributed by atoms with van der Waals surface area (Å²) in [6.45, 7) is 4.92. The second-order valence-electron chi connectivity index (χ2n) is 6.97. The molecule has 4 aliphatic heterocycles. The van der Waals surface area contributed by atoms with Crippen molar-refractivity contribution in [1.29, 1.82) is 0 Å². The molecule has 0 aromatic carbocycles. The predicted octanol–water partition coefficient (Wildman–Crippen LogP) is -1.24. The molecule has 4 heterocycles. The summed E-state index contributed by atoms with van der Waals surface area (Å²) in [4.78, 5) is 40.8. The third-order valence-electron chi connectivity index (χ3n) is 5.52. The molecule has 0 aromatic rings. The molecule has 1 N–H and O–H groups in total. The second kappa shape index (κ2) is 6.10. The van der Waals surface area contributed by atoms with Crippen molar-refractivity contribution in [2.75, 3.05) is 45.9 Å². The molecule has 4 aliphatic rings. The SMILES string of the molecule is CCOCCN1C[C@@]23C=C[C@@H](O2)C(C(=O)N2CCNC(=O)C2)C3C1=O. The van der Waals surface area contributed by atoms with E-state index in [2.05, 4.69) is 5.32 Å². The topological polar surface area (TPSA) is 88.2 Å². The zero-order valence-corrected chi connectivity index (χ0v) is 14.3. The Bertz CT molecular complexity index is 636. The Morgan fingerprint density at radius 2 is 2.32 bits per heavy atom. The molecule has 8 nitrogen and oxygen atoms in total. The van der Waals surface area contributed by atoms with Crippen LogP contribution in [0.25, 0.3) is 0 Å². The number of hydrogen-bond acceptors (Lipinski definition) is 5. The van der Waals surface area contributed by atoms with Gasteiger partial charge in [0.2, 0.25) is 17.7 Å². The molecule has 3 fully saturated rings. The fourth-order valence-electron chi connectivity index (χ4n) is 4.41. The van der Waals surface area contributed by atoms with Gasteiger partial charge in [-0.2, -0.15) is 0 Å². The van der Waals surface area contributed by atoms with E-state index in [1.165, 1.54) is 0 Å². The van der Waals surface area contributed by atoms with Gasteiger partial charge in [-0.3, -0.25) is 14.4 Å². The van der Waals surface area contributed by atoms with E-state index < -0.39 is 17.4 Å². The van der Waals surface area contributed by atoms with Crippen LogP contribution in [0.4, 0.5) is 0 Å². The molecule has 3 saturated heterocycles. The first kappa shape index (κ1) is 16.5. The van der Waals surface area contributed by atoms with Crippen LogP contribution >= 0.6 is 0 Å². The van der Waals surface area contributed by atoms with Gasteiger partial charge in [0.1, 0.15) is 5.60 Å². The van der Waals surface area contributed by atoms with Gasteiger partial charge in [0, 0.05) is 26.2 Å². The summed E-state index contributed by atoms with van der Waals surface area (Å²) >= 11 is 0. The highest BCUT2D eigenvalue weighted by molar-refractivity contribution is 5.94. The number of carbonyl (C=O) groups is 3. The summed E-state index contributed by atoms with van der Waals surface area (Å²) < 4.78 is 11.4. The number of nitrogens with one attached hydrogen (secondary N) is 1. The molecule has 1 spiro atoms. The van der Waals surface area contributed by atoms with Crippen LogP contribution in [0.3, 0.4) is 0 Å². The lowest BCUT2D eigenvalue weighted by Gasteiger charge is -2.32. The van der Waals surface area contributed by atoms with E-state index in [9.17, 15) is 14.4 Å².